The molecule has 0 aliphatic carbocycles. The van der Waals surface area contributed by atoms with Gasteiger partial charge in [0, 0.05) is 5.69 Å². The first-order valence-electron chi connectivity index (χ1n) is 10.4. The summed E-state index contributed by atoms with van der Waals surface area (Å²) in [5.74, 6) is 6.05. The van der Waals surface area contributed by atoms with Crippen LogP contribution in [0.1, 0.15) is 32.1 Å². The molecule has 3 heterocycles. The summed E-state index contributed by atoms with van der Waals surface area (Å²) in [5.41, 5.74) is 2.79. The predicted molar refractivity (Wildman–Crippen MR) is 134 cm³/mol. The Bertz CT molecular complexity index is 1440. The Balaban J connectivity index is 1.53. The number of thioether (sulfide) groups is 1. The van der Waals surface area contributed by atoms with Gasteiger partial charge in [-0.1, -0.05) is 29.5 Å². The van der Waals surface area contributed by atoms with E-state index in [0.29, 0.717) is 32.1 Å². The molecule has 0 saturated carbocycles. The summed E-state index contributed by atoms with van der Waals surface area (Å²) in [5, 5.41) is 6.12. The summed E-state index contributed by atoms with van der Waals surface area (Å²) >= 11 is 2.16. The lowest BCUT2D eigenvalue weighted by atomic mass is 10.1. The first kappa shape index (κ1) is 23.6. The molecule has 176 valence electrons. The number of nitrogens with one attached hydrogen (secondary N) is 2. The molecule has 3 aromatic heterocycles. The Kier molecular flexibility index (Phi) is 6.75. The zero-order valence-electron chi connectivity index (χ0n) is 18.8. The van der Waals surface area contributed by atoms with Crippen LogP contribution >= 0.6 is 23.1 Å². The van der Waals surface area contributed by atoms with Crippen molar-refractivity contribution in [3.8, 4) is 0 Å². The third-order valence-electron chi connectivity index (χ3n) is 5.17. The number of nitrogen functional groups attached to an aromatic ring is 1. The van der Waals surface area contributed by atoms with E-state index in [2.05, 4.69) is 15.6 Å². The third kappa shape index (κ3) is 4.85. The molecule has 1 aromatic carbocycles. The molecule has 0 fully saturated rings. The highest BCUT2D eigenvalue weighted by Gasteiger charge is 2.22. The Morgan fingerprint density at radius 2 is 2.03 bits per heavy atom. The lowest BCUT2D eigenvalue weighted by Crippen LogP contribution is -2.31. The second-order valence-electron chi connectivity index (χ2n) is 7.72. The monoisotopic (exact) mass is 497 g/mol. The second-order valence-corrected chi connectivity index (χ2v) is 9.66. The molecular formula is C23H23N5O4S2. The molecule has 9 nitrogen and oxygen atoms in total. The summed E-state index contributed by atoms with van der Waals surface area (Å²) in [6.07, 6.45) is 1.53. The molecule has 0 radical (unpaired) electrons. The number of anilines is 1. The maximum Gasteiger partial charge on any atom is 0.281 e. The van der Waals surface area contributed by atoms with E-state index < -0.39 is 5.56 Å². The zero-order valence-corrected chi connectivity index (χ0v) is 20.4. The van der Waals surface area contributed by atoms with Crippen LogP contribution in [-0.4, -0.2) is 27.2 Å². The number of nitrogens with two attached hydrogens (primary N) is 1. The summed E-state index contributed by atoms with van der Waals surface area (Å²) in [6, 6.07) is 9.25. The van der Waals surface area contributed by atoms with E-state index in [9.17, 15) is 14.4 Å². The minimum atomic E-state index is -0.470. The van der Waals surface area contributed by atoms with Crippen LogP contribution in [0.25, 0.3) is 10.2 Å². The van der Waals surface area contributed by atoms with Gasteiger partial charge in [0.1, 0.15) is 10.6 Å². The van der Waals surface area contributed by atoms with Crippen molar-refractivity contribution in [2.75, 3.05) is 16.9 Å². The molecule has 4 rings (SSSR count). The summed E-state index contributed by atoms with van der Waals surface area (Å²) in [6.45, 7) is 5.87. The standard InChI is InChI=1S/C23H23N5O4S2/c1-12-6-7-16(13(2)9-12)26-20(30)19-14(3)18-21(34-19)27-23(28(24)22(18)31)33-11-17(29)25-10-15-5-4-8-32-15/h4-9H,10-11,24H2,1-3H3,(H,25,29)(H,26,30). The number of fused-ring (bicyclic) bond motifs is 1. The summed E-state index contributed by atoms with van der Waals surface area (Å²) < 4.78 is 6.10. The number of aromatic nitrogens is 2. The third-order valence-corrected chi connectivity index (χ3v) is 7.31. The molecule has 0 spiro atoms. The van der Waals surface area contributed by atoms with Crippen molar-refractivity contribution in [1.29, 1.82) is 0 Å². The molecular weight excluding hydrogens is 474 g/mol. The van der Waals surface area contributed by atoms with Gasteiger partial charge in [0.15, 0.2) is 5.16 Å². The maximum atomic E-state index is 13.0. The van der Waals surface area contributed by atoms with E-state index in [1.807, 2.05) is 32.0 Å². The second kappa shape index (κ2) is 9.74. The topological polar surface area (TPSA) is 132 Å². The molecule has 4 aromatic rings. The lowest BCUT2D eigenvalue weighted by molar-refractivity contribution is -0.118. The van der Waals surface area contributed by atoms with E-state index in [4.69, 9.17) is 10.3 Å². The Hall–Kier alpha value is -3.57. The predicted octanol–water partition coefficient (Wildman–Crippen LogP) is 3.35. The van der Waals surface area contributed by atoms with Crippen LogP contribution in [0.2, 0.25) is 0 Å². The van der Waals surface area contributed by atoms with Crippen LogP contribution in [0.5, 0.6) is 0 Å². The van der Waals surface area contributed by atoms with Gasteiger partial charge in [-0.25, -0.2) is 9.66 Å². The Morgan fingerprint density at radius 3 is 2.74 bits per heavy atom. The molecule has 0 unspecified atom stereocenters. The van der Waals surface area contributed by atoms with Crippen molar-refractivity contribution in [3.05, 3.63) is 74.3 Å². The maximum absolute atomic E-state index is 13.0. The van der Waals surface area contributed by atoms with Crippen molar-refractivity contribution in [2.45, 2.75) is 32.5 Å². The largest absolute Gasteiger partial charge is 0.467 e. The molecule has 34 heavy (non-hydrogen) atoms. The van der Waals surface area contributed by atoms with Crippen LogP contribution in [-0.2, 0) is 11.3 Å². The van der Waals surface area contributed by atoms with Crippen LogP contribution in [0.3, 0.4) is 0 Å². The Labute approximate surface area is 203 Å². The minimum absolute atomic E-state index is 0.0141. The van der Waals surface area contributed by atoms with Crippen LogP contribution in [0, 0.1) is 20.8 Å². The van der Waals surface area contributed by atoms with Crippen molar-refractivity contribution in [1.82, 2.24) is 15.0 Å². The summed E-state index contributed by atoms with van der Waals surface area (Å²) in [7, 11) is 0. The quantitative estimate of drug-likeness (QED) is 0.203. The van der Waals surface area contributed by atoms with Gasteiger partial charge in [-0.15, -0.1) is 11.3 Å². The number of benzene rings is 1. The lowest BCUT2D eigenvalue weighted by Gasteiger charge is -2.08. The molecule has 2 amide bonds. The molecule has 0 aliphatic rings. The van der Waals surface area contributed by atoms with Gasteiger partial charge in [0.05, 0.1) is 28.8 Å². The van der Waals surface area contributed by atoms with Crippen molar-refractivity contribution < 1.29 is 14.0 Å². The van der Waals surface area contributed by atoms with Gasteiger partial charge >= 0.3 is 0 Å². The van der Waals surface area contributed by atoms with E-state index in [1.54, 1.807) is 19.1 Å². The smallest absolute Gasteiger partial charge is 0.281 e. The van der Waals surface area contributed by atoms with Gasteiger partial charge in [-0.3, -0.25) is 14.4 Å². The van der Waals surface area contributed by atoms with Crippen molar-refractivity contribution in [2.24, 2.45) is 0 Å². The first-order valence-corrected chi connectivity index (χ1v) is 12.2. The van der Waals surface area contributed by atoms with E-state index >= 15 is 0 Å². The van der Waals surface area contributed by atoms with Crippen molar-refractivity contribution in [3.63, 3.8) is 0 Å². The SMILES string of the molecule is Cc1ccc(NC(=O)c2sc3nc(SCC(=O)NCc4ccco4)n(N)c(=O)c3c2C)c(C)c1. The number of carbonyl (C=O) groups is 2. The number of thiophene rings is 1. The first-order chi connectivity index (χ1) is 16.2. The molecule has 4 N–H and O–H groups in total. The van der Waals surface area contributed by atoms with Crippen LogP contribution < -0.4 is 22.0 Å². The van der Waals surface area contributed by atoms with Gasteiger partial charge in [-0.2, -0.15) is 0 Å². The molecule has 0 bridgehead atoms. The molecule has 0 atom stereocenters. The number of nitrogens with zero attached hydrogens (tertiary/aromatic N) is 2. The van der Waals surface area contributed by atoms with Gasteiger partial charge in [0.2, 0.25) is 5.91 Å². The number of amides is 2. The fraction of sp³-hybridized carbons (Fsp3) is 0.217. The van der Waals surface area contributed by atoms with Crippen LogP contribution in [0.15, 0.2) is 51.0 Å². The molecule has 0 aliphatic heterocycles. The number of hydrogen-bond donors (Lipinski definition) is 3. The fourth-order valence-corrected chi connectivity index (χ4v) is 5.27. The average Bonchev–Trinajstić information content (AvgIpc) is 3.43. The van der Waals surface area contributed by atoms with Crippen molar-refractivity contribution >= 4 is 50.8 Å². The highest BCUT2D eigenvalue weighted by atomic mass is 32.2. The minimum Gasteiger partial charge on any atom is -0.467 e. The highest BCUT2D eigenvalue weighted by molar-refractivity contribution is 7.99. The zero-order chi connectivity index (χ0) is 24.4. The van der Waals surface area contributed by atoms with E-state index in [0.717, 1.165) is 38.9 Å². The Morgan fingerprint density at radius 1 is 1.24 bits per heavy atom. The van der Waals surface area contributed by atoms with Crippen LogP contribution in [0.4, 0.5) is 5.69 Å². The molecule has 11 heteroatoms. The number of carbonyl (C=O) groups excluding carboxylic acids is 2. The fourth-order valence-electron chi connectivity index (χ4n) is 3.41. The normalized spacial score (nSPS) is 11.0. The average molecular weight is 498 g/mol. The summed E-state index contributed by atoms with van der Waals surface area (Å²) in [4.78, 5) is 43.3. The van der Waals surface area contributed by atoms with E-state index in [-0.39, 0.29) is 29.3 Å². The van der Waals surface area contributed by atoms with Gasteiger partial charge < -0.3 is 20.9 Å². The highest BCUT2D eigenvalue weighted by Crippen LogP contribution is 2.30. The number of rotatable bonds is 7. The number of aryl methyl sites for hydroxylation is 3. The number of furan rings is 1. The number of hydrogen-bond acceptors (Lipinski definition) is 8. The van der Waals surface area contributed by atoms with E-state index in [1.165, 1.54) is 6.26 Å². The van der Waals surface area contributed by atoms with Gasteiger partial charge in [0.25, 0.3) is 11.5 Å². The molecule has 0 saturated heterocycles. The van der Waals surface area contributed by atoms with Gasteiger partial charge in [-0.05, 0) is 50.1 Å².